The zero-order chi connectivity index (χ0) is 15.4. The molecular weight excluding hydrogens is 280 g/mol. The van der Waals surface area contributed by atoms with Gasteiger partial charge in [0.2, 0.25) is 0 Å². The summed E-state index contributed by atoms with van der Waals surface area (Å²) in [7, 11) is 1.74. The first kappa shape index (κ1) is 21.3. The van der Waals surface area contributed by atoms with Gasteiger partial charge in [0.1, 0.15) is 0 Å². The van der Waals surface area contributed by atoms with Crippen LogP contribution in [0.2, 0.25) is 0 Å². The summed E-state index contributed by atoms with van der Waals surface area (Å²) < 4.78 is 10.5. The van der Waals surface area contributed by atoms with Crippen LogP contribution in [0, 0.1) is 0 Å². The van der Waals surface area contributed by atoms with E-state index in [9.17, 15) is 0 Å². The first-order chi connectivity index (χ1) is 10.4. The average molecular weight is 319 g/mol. The number of methoxy groups -OCH3 is 1. The van der Waals surface area contributed by atoms with E-state index in [1.807, 2.05) is 11.8 Å². The van der Waals surface area contributed by atoms with Crippen LogP contribution in [0.5, 0.6) is 0 Å². The SMILES string of the molecule is COCCCOCCCCCCCCCCCCCSC. The van der Waals surface area contributed by atoms with E-state index in [1.165, 1.54) is 76.4 Å². The fourth-order valence-electron chi connectivity index (χ4n) is 2.45. The minimum atomic E-state index is 0.817. The van der Waals surface area contributed by atoms with Crippen molar-refractivity contribution >= 4 is 11.8 Å². The van der Waals surface area contributed by atoms with Crippen molar-refractivity contribution in [2.24, 2.45) is 0 Å². The van der Waals surface area contributed by atoms with Crippen LogP contribution in [0.1, 0.15) is 77.0 Å². The van der Waals surface area contributed by atoms with Crippen LogP contribution >= 0.6 is 11.8 Å². The Bertz CT molecular complexity index is 159. The van der Waals surface area contributed by atoms with E-state index < -0.39 is 0 Å². The number of hydrogen-bond donors (Lipinski definition) is 0. The van der Waals surface area contributed by atoms with E-state index in [0.29, 0.717) is 0 Å². The Morgan fingerprint density at radius 1 is 0.571 bits per heavy atom. The summed E-state index contributed by atoms with van der Waals surface area (Å²) >= 11 is 1.97. The quantitative estimate of drug-likeness (QED) is 0.302. The monoisotopic (exact) mass is 318 g/mol. The highest BCUT2D eigenvalue weighted by atomic mass is 32.2. The number of rotatable bonds is 18. The van der Waals surface area contributed by atoms with E-state index >= 15 is 0 Å². The fraction of sp³-hybridized carbons (Fsp3) is 1.00. The standard InChI is InChI=1S/C18H38O2S/c1-19-15-14-17-20-16-12-10-8-6-4-3-5-7-9-11-13-18-21-2/h3-18H2,1-2H3. The summed E-state index contributed by atoms with van der Waals surface area (Å²) in [5.41, 5.74) is 0. The molecule has 0 saturated heterocycles. The van der Waals surface area contributed by atoms with Gasteiger partial charge in [-0.2, -0.15) is 11.8 Å². The van der Waals surface area contributed by atoms with Crippen molar-refractivity contribution in [2.75, 3.05) is 38.9 Å². The van der Waals surface area contributed by atoms with Gasteiger partial charge in [0.15, 0.2) is 0 Å². The normalized spacial score (nSPS) is 11.1. The van der Waals surface area contributed by atoms with Gasteiger partial charge in [-0.15, -0.1) is 0 Å². The molecule has 0 radical (unpaired) electrons. The Hall–Kier alpha value is 0.270. The molecule has 0 aromatic carbocycles. The molecule has 0 spiro atoms. The van der Waals surface area contributed by atoms with Gasteiger partial charge < -0.3 is 9.47 Å². The Morgan fingerprint density at radius 3 is 1.57 bits per heavy atom. The molecule has 0 heterocycles. The van der Waals surface area contributed by atoms with Crippen molar-refractivity contribution in [2.45, 2.75) is 77.0 Å². The second-order valence-corrected chi connectivity index (χ2v) is 6.83. The topological polar surface area (TPSA) is 18.5 Å². The Labute approximate surface area is 137 Å². The molecule has 0 aliphatic heterocycles. The summed E-state index contributed by atoms with van der Waals surface area (Å²) in [6.07, 6.45) is 18.6. The predicted octanol–water partition coefficient (Wildman–Crippen LogP) is 5.69. The summed E-state index contributed by atoms with van der Waals surface area (Å²) in [4.78, 5) is 0. The Balaban J connectivity index is 2.90. The molecule has 0 atom stereocenters. The Kier molecular flexibility index (Phi) is 20.5. The van der Waals surface area contributed by atoms with E-state index in [2.05, 4.69) is 6.26 Å². The van der Waals surface area contributed by atoms with Gasteiger partial charge in [0, 0.05) is 26.9 Å². The third-order valence-corrected chi connectivity index (χ3v) is 4.47. The lowest BCUT2D eigenvalue weighted by Gasteiger charge is -2.04. The lowest BCUT2D eigenvalue weighted by atomic mass is 10.1. The molecule has 0 amide bonds. The van der Waals surface area contributed by atoms with Crippen LogP contribution in [0.15, 0.2) is 0 Å². The third-order valence-electron chi connectivity index (χ3n) is 3.77. The highest BCUT2D eigenvalue weighted by molar-refractivity contribution is 7.98. The molecule has 3 heteroatoms. The van der Waals surface area contributed by atoms with Crippen LogP contribution < -0.4 is 0 Å². The second-order valence-electron chi connectivity index (χ2n) is 5.84. The average Bonchev–Trinajstić information content (AvgIpc) is 2.50. The van der Waals surface area contributed by atoms with Crippen LogP contribution in [0.4, 0.5) is 0 Å². The lowest BCUT2D eigenvalue weighted by molar-refractivity contribution is 0.100. The summed E-state index contributed by atoms with van der Waals surface area (Å²) in [6, 6.07) is 0. The molecule has 0 saturated carbocycles. The molecule has 0 aliphatic rings. The van der Waals surface area contributed by atoms with Crippen LogP contribution in [0.3, 0.4) is 0 Å². The molecule has 0 rings (SSSR count). The zero-order valence-corrected chi connectivity index (χ0v) is 15.4. The molecule has 2 nitrogen and oxygen atoms in total. The zero-order valence-electron chi connectivity index (χ0n) is 14.5. The highest BCUT2D eigenvalue weighted by Gasteiger charge is 1.94. The molecule has 0 N–H and O–H groups in total. The molecule has 0 bridgehead atoms. The van der Waals surface area contributed by atoms with Crippen LogP contribution in [0.25, 0.3) is 0 Å². The fourth-order valence-corrected chi connectivity index (χ4v) is 2.94. The van der Waals surface area contributed by atoms with Gasteiger partial charge in [-0.05, 0) is 31.3 Å². The summed E-state index contributed by atoms with van der Waals surface area (Å²) in [5.74, 6) is 1.34. The maximum atomic E-state index is 5.55. The number of thioether (sulfide) groups is 1. The maximum absolute atomic E-state index is 5.55. The summed E-state index contributed by atoms with van der Waals surface area (Å²) in [6.45, 7) is 2.60. The van der Waals surface area contributed by atoms with Crippen molar-refractivity contribution in [1.29, 1.82) is 0 Å². The van der Waals surface area contributed by atoms with Gasteiger partial charge in [-0.3, -0.25) is 0 Å². The van der Waals surface area contributed by atoms with Gasteiger partial charge in [0.05, 0.1) is 0 Å². The first-order valence-corrected chi connectivity index (χ1v) is 10.4. The molecule has 0 fully saturated rings. The highest BCUT2D eigenvalue weighted by Crippen LogP contribution is 2.12. The number of unbranched alkanes of at least 4 members (excludes halogenated alkanes) is 10. The third kappa shape index (κ3) is 20.3. The van der Waals surface area contributed by atoms with Crippen molar-refractivity contribution < 1.29 is 9.47 Å². The number of ether oxygens (including phenoxy) is 2. The van der Waals surface area contributed by atoms with Crippen molar-refractivity contribution in [1.82, 2.24) is 0 Å². The molecule has 128 valence electrons. The molecule has 0 aromatic heterocycles. The van der Waals surface area contributed by atoms with Crippen molar-refractivity contribution in [3.05, 3.63) is 0 Å². The molecule has 0 unspecified atom stereocenters. The van der Waals surface area contributed by atoms with Crippen LogP contribution in [-0.4, -0.2) is 38.9 Å². The maximum Gasteiger partial charge on any atom is 0.0487 e. The first-order valence-electron chi connectivity index (χ1n) is 8.97. The molecular formula is C18H38O2S. The van der Waals surface area contributed by atoms with Gasteiger partial charge in [0.25, 0.3) is 0 Å². The largest absolute Gasteiger partial charge is 0.385 e. The lowest BCUT2D eigenvalue weighted by Crippen LogP contribution is -2.00. The molecule has 0 aliphatic carbocycles. The van der Waals surface area contributed by atoms with E-state index in [0.717, 1.165) is 26.2 Å². The predicted molar refractivity (Wildman–Crippen MR) is 96.5 cm³/mol. The smallest absolute Gasteiger partial charge is 0.0487 e. The van der Waals surface area contributed by atoms with Crippen molar-refractivity contribution in [3.63, 3.8) is 0 Å². The number of hydrogen-bond acceptors (Lipinski definition) is 3. The van der Waals surface area contributed by atoms with Gasteiger partial charge in [-0.1, -0.05) is 57.8 Å². The van der Waals surface area contributed by atoms with E-state index in [1.54, 1.807) is 7.11 Å². The molecule has 0 aromatic rings. The van der Waals surface area contributed by atoms with E-state index in [-0.39, 0.29) is 0 Å². The minimum Gasteiger partial charge on any atom is -0.385 e. The second kappa shape index (κ2) is 20.3. The Morgan fingerprint density at radius 2 is 1.05 bits per heavy atom. The van der Waals surface area contributed by atoms with Gasteiger partial charge >= 0.3 is 0 Å². The molecule has 21 heavy (non-hydrogen) atoms. The van der Waals surface area contributed by atoms with Crippen LogP contribution in [-0.2, 0) is 9.47 Å². The minimum absolute atomic E-state index is 0.817. The summed E-state index contributed by atoms with van der Waals surface area (Å²) in [5, 5.41) is 0. The van der Waals surface area contributed by atoms with E-state index in [4.69, 9.17) is 9.47 Å². The van der Waals surface area contributed by atoms with Crippen molar-refractivity contribution in [3.8, 4) is 0 Å². The van der Waals surface area contributed by atoms with Gasteiger partial charge in [-0.25, -0.2) is 0 Å².